The second kappa shape index (κ2) is 6.06. The molecule has 0 atom stereocenters. The van der Waals surface area contributed by atoms with Gasteiger partial charge in [0.2, 0.25) is 0 Å². The number of hydrogen-bond donors (Lipinski definition) is 0. The van der Waals surface area contributed by atoms with E-state index in [0.717, 1.165) is 29.0 Å². The van der Waals surface area contributed by atoms with Crippen molar-refractivity contribution in [1.29, 1.82) is 0 Å². The Kier molecular flexibility index (Phi) is 3.95. The van der Waals surface area contributed by atoms with Crippen LogP contribution in [0.2, 0.25) is 5.15 Å². The van der Waals surface area contributed by atoms with Crippen molar-refractivity contribution in [2.75, 3.05) is 6.61 Å². The summed E-state index contributed by atoms with van der Waals surface area (Å²) in [5.74, 6) is 1.38. The Morgan fingerprint density at radius 1 is 1.08 bits per heavy atom. The van der Waals surface area contributed by atoms with Gasteiger partial charge in [-0.05, 0) is 42.3 Å². The molecule has 7 heteroatoms. The molecule has 1 aliphatic rings. The van der Waals surface area contributed by atoms with Crippen molar-refractivity contribution >= 4 is 11.6 Å². The maximum Gasteiger partial charge on any atom is 0.416 e. The zero-order valence-corrected chi connectivity index (χ0v) is 14.5. The van der Waals surface area contributed by atoms with Gasteiger partial charge in [0.15, 0.2) is 5.15 Å². The Labute approximate surface area is 153 Å². The largest absolute Gasteiger partial charge is 0.491 e. The lowest BCUT2D eigenvalue weighted by atomic mass is 10.0. The number of hydrogen-bond acceptors (Lipinski definition) is 2. The van der Waals surface area contributed by atoms with Crippen molar-refractivity contribution < 1.29 is 17.9 Å². The van der Waals surface area contributed by atoms with Crippen molar-refractivity contribution in [3.63, 3.8) is 0 Å². The van der Waals surface area contributed by atoms with E-state index in [4.69, 9.17) is 16.3 Å². The Morgan fingerprint density at radius 3 is 2.46 bits per heavy atom. The summed E-state index contributed by atoms with van der Waals surface area (Å²) in [6.45, 7) is 3.02. The van der Waals surface area contributed by atoms with Gasteiger partial charge in [0.05, 0.1) is 23.4 Å². The van der Waals surface area contributed by atoms with Crippen LogP contribution in [0.5, 0.6) is 5.75 Å². The van der Waals surface area contributed by atoms with E-state index in [2.05, 4.69) is 4.98 Å². The topological polar surface area (TPSA) is 27.1 Å². The Balaban J connectivity index is 1.80. The molecule has 26 heavy (non-hydrogen) atoms. The van der Waals surface area contributed by atoms with Gasteiger partial charge < -0.3 is 9.30 Å². The quantitative estimate of drug-likeness (QED) is 0.552. The van der Waals surface area contributed by atoms with Crippen molar-refractivity contribution in [3.8, 4) is 28.3 Å². The molecule has 4 rings (SSSR count). The Hall–Kier alpha value is -2.47. The molecule has 0 fully saturated rings. The standard InChI is InChI=1S/C19H14ClF3N2O/c1-11-17(20)24-18-15-10-13(4-7-16(15)26-9-8-25(11)18)12-2-5-14(6-3-12)19(21,22)23/h2-7,10H,8-9H2,1H3. The predicted octanol–water partition coefficient (Wildman–Crippen LogP) is 5.59. The number of imidazole rings is 1. The van der Waals surface area contributed by atoms with E-state index in [0.29, 0.717) is 35.4 Å². The molecule has 134 valence electrons. The normalized spacial score (nSPS) is 13.6. The lowest BCUT2D eigenvalue weighted by Crippen LogP contribution is -2.06. The van der Waals surface area contributed by atoms with Gasteiger partial charge in [-0.25, -0.2) is 4.98 Å². The number of fused-ring (bicyclic) bond motifs is 3. The second-order valence-corrected chi connectivity index (χ2v) is 6.46. The Morgan fingerprint density at radius 2 is 1.77 bits per heavy atom. The summed E-state index contributed by atoms with van der Waals surface area (Å²) in [6, 6.07) is 10.6. The van der Waals surface area contributed by atoms with E-state index < -0.39 is 11.7 Å². The number of aromatic nitrogens is 2. The van der Waals surface area contributed by atoms with Crippen LogP contribution in [0.3, 0.4) is 0 Å². The third-order valence-corrected chi connectivity index (χ3v) is 4.86. The molecule has 0 bridgehead atoms. The minimum Gasteiger partial charge on any atom is -0.491 e. The van der Waals surface area contributed by atoms with E-state index in [9.17, 15) is 13.2 Å². The first-order chi connectivity index (χ1) is 12.3. The smallest absolute Gasteiger partial charge is 0.416 e. The first-order valence-electron chi connectivity index (χ1n) is 8.02. The predicted molar refractivity (Wildman–Crippen MR) is 93.3 cm³/mol. The summed E-state index contributed by atoms with van der Waals surface area (Å²) in [7, 11) is 0. The number of benzene rings is 2. The number of nitrogens with zero attached hydrogens (tertiary/aromatic N) is 2. The van der Waals surface area contributed by atoms with Crippen molar-refractivity contribution in [2.45, 2.75) is 19.6 Å². The molecule has 0 radical (unpaired) electrons. The molecule has 3 nitrogen and oxygen atoms in total. The summed E-state index contributed by atoms with van der Waals surface area (Å²) in [5, 5.41) is 0.438. The van der Waals surface area contributed by atoms with Crippen molar-refractivity contribution in [2.24, 2.45) is 0 Å². The van der Waals surface area contributed by atoms with Gasteiger partial charge in [0.1, 0.15) is 18.2 Å². The van der Waals surface area contributed by atoms with Gasteiger partial charge >= 0.3 is 6.18 Å². The zero-order valence-electron chi connectivity index (χ0n) is 13.8. The van der Waals surface area contributed by atoms with Gasteiger partial charge in [-0.1, -0.05) is 29.8 Å². The highest BCUT2D eigenvalue weighted by Gasteiger charge is 2.30. The lowest BCUT2D eigenvalue weighted by Gasteiger charge is -2.11. The van der Waals surface area contributed by atoms with Crippen LogP contribution in [0.25, 0.3) is 22.5 Å². The van der Waals surface area contributed by atoms with Crippen LogP contribution in [-0.2, 0) is 12.7 Å². The fourth-order valence-corrected chi connectivity index (χ4v) is 3.27. The second-order valence-electron chi connectivity index (χ2n) is 6.10. The minimum atomic E-state index is -4.35. The summed E-state index contributed by atoms with van der Waals surface area (Å²) < 4.78 is 46.0. The van der Waals surface area contributed by atoms with Crippen LogP contribution in [0.4, 0.5) is 13.2 Å². The molecule has 1 aromatic heterocycles. The summed E-state index contributed by atoms with van der Waals surface area (Å²) in [6.07, 6.45) is -4.35. The fraction of sp³-hybridized carbons (Fsp3) is 0.211. The van der Waals surface area contributed by atoms with Gasteiger partial charge in [-0.15, -0.1) is 0 Å². The number of ether oxygens (including phenoxy) is 1. The highest BCUT2D eigenvalue weighted by molar-refractivity contribution is 6.30. The molecule has 2 heterocycles. The van der Waals surface area contributed by atoms with Crippen LogP contribution < -0.4 is 4.74 Å². The maximum atomic E-state index is 12.8. The third kappa shape index (κ3) is 2.84. The molecule has 0 spiro atoms. The summed E-state index contributed by atoms with van der Waals surface area (Å²) in [5.41, 5.74) is 2.43. The highest BCUT2D eigenvalue weighted by Crippen LogP contribution is 2.38. The third-order valence-electron chi connectivity index (χ3n) is 4.50. The number of halogens is 4. The monoisotopic (exact) mass is 378 g/mol. The number of rotatable bonds is 1. The van der Waals surface area contributed by atoms with Gasteiger partial charge in [0.25, 0.3) is 0 Å². The lowest BCUT2D eigenvalue weighted by molar-refractivity contribution is -0.137. The molecule has 0 saturated heterocycles. The molecule has 0 N–H and O–H groups in total. The average Bonchev–Trinajstić information content (AvgIpc) is 2.79. The molecule has 1 aliphatic heterocycles. The molecule has 0 aliphatic carbocycles. The van der Waals surface area contributed by atoms with Crippen LogP contribution in [-0.4, -0.2) is 16.2 Å². The van der Waals surface area contributed by atoms with E-state index in [1.165, 1.54) is 12.1 Å². The van der Waals surface area contributed by atoms with Gasteiger partial charge in [-0.2, -0.15) is 13.2 Å². The molecule has 0 amide bonds. The summed E-state index contributed by atoms with van der Waals surface area (Å²) in [4.78, 5) is 4.43. The van der Waals surface area contributed by atoms with Crippen molar-refractivity contribution in [1.82, 2.24) is 9.55 Å². The van der Waals surface area contributed by atoms with Gasteiger partial charge in [-0.3, -0.25) is 0 Å². The van der Waals surface area contributed by atoms with Gasteiger partial charge in [0, 0.05) is 0 Å². The van der Waals surface area contributed by atoms with Crippen LogP contribution in [0.15, 0.2) is 42.5 Å². The maximum absolute atomic E-state index is 12.8. The molecule has 3 aromatic rings. The van der Waals surface area contributed by atoms with Crippen molar-refractivity contribution in [3.05, 3.63) is 58.9 Å². The van der Waals surface area contributed by atoms with E-state index >= 15 is 0 Å². The first-order valence-corrected chi connectivity index (χ1v) is 8.40. The highest BCUT2D eigenvalue weighted by atomic mass is 35.5. The SMILES string of the molecule is Cc1c(Cl)nc2n1CCOc1ccc(-c3ccc(C(F)(F)F)cc3)cc1-2. The fourth-order valence-electron chi connectivity index (χ4n) is 3.09. The number of alkyl halides is 3. The van der Waals surface area contributed by atoms with Crippen LogP contribution in [0.1, 0.15) is 11.3 Å². The van der Waals surface area contributed by atoms with Crippen LogP contribution >= 0.6 is 11.6 Å². The average molecular weight is 379 g/mol. The minimum absolute atomic E-state index is 0.438. The zero-order chi connectivity index (χ0) is 18.5. The first kappa shape index (κ1) is 17.0. The molecule has 2 aromatic carbocycles. The van der Waals surface area contributed by atoms with E-state index in [1.807, 2.05) is 29.7 Å². The van der Waals surface area contributed by atoms with E-state index in [1.54, 1.807) is 0 Å². The molecular weight excluding hydrogens is 365 g/mol. The van der Waals surface area contributed by atoms with E-state index in [-0.39, 0.29) is 0 Å². The summed E-state index contributed by atoms with van der Waals surface area (Å²) >= 11 is 6.18. The molecule has 0 saturated carbocycles. The van der Waals surface area contributed by atoms with Crippen LogP contribution in [0, 0.1) is 6.92 Å². The Bertz CT molecular complexity index is 978. The molecule has 0 unspecified atom stereocenters. The molecular formula is C19H14ClF3N2O.